The molecule has 1 N–H and O–H groups in total. The maximum Gasteiger partial charge on any atom is 0.260 e. The molecular formula is C19H17FN6O3. The molecule has 3 aromatic heterocycles. The predicted molar refractivity (Wildman–Crippen MR) is 103 cm³/mol. The number of amides is 1. The van der Waals surface area contributed by atoms with Gasteiger partial charge in [-0.05, 0) is 31.9 Å². The number of hydrogen-bond donors (Lipinski definition) is 1. The van der Waals surface area contributed by atoms with Crippen molar-refractivity contribution in [2.24, 2.45) is 4.99 Å². The highest BCUT2D eigenvalue weighted by Gasteiger charge is 2.16. The number of nitrogens with one attached hydrogen (secondary N) is 1. The Bertz CT molecular complexity index is 1120. The van der Waals surface area contributed by atoms with Crippen molar-refractivity contribution in [1.82, 2.24) is 24.9 Å². The largest absolute Gasteiger partial charge is 0.501 e. The number of aliphatic imine (C=N–C) groups is 1. The fraction of sp³-hybridized carbons (Fsp3) is 0.105. The van der Waals surface area contributed by atoms with Crippen LogP contribution in [0.3, 0.4) is 0 Å². The Morgan fingerprint density at radius 3 is 2.86 bits per heavy atom. The molecule has 0 spiro atoms. The third-order valence-corrected chi connectivity index (χ3v) is 3.74. The second-order valence-electron chi connectivity index (χ2n) is 5.74. The molecule has 9 nitrogen and oxygen atoms in total. The zero-order valence-corrected chi connectivity index (χ0v) is 15.7. The number of hydrogen-bond acceptors (Lipinski definition) is 7. The van der Waals surface area contributed by atoms with Gasteiger partial charge in [-0.2, -0.15) is 0 Å². The first-order valence-electron chi connectivity index (χ1n) is 8.32. The number of nitrogens with zero attached hydrogens (tertiary/aromatic N) is 5. The molecule has 10 heteroatoms. The smallest absolute Gasteiger partial charge is 0.260 e. The topological polar surface area (TPSA) is 103 Å². The summed E-state index contributed by atoms with van der Waals surface area (Å²) in [4.78, 5) is 20.3. The Balaban J connectivity index is 1.92. The normalized spacial score (nSPS) is 12.0. The number of carbonyl (C=O) groups is 1. The Hall–Kier alpha value is -4.08. The van der Waals surface area contributed by atoms with Crippen molar-refractivity contribution >= 4 is 18.3 Å². The molecule has 0 bridgehead atoms. The minimum Gasteiger partial charge on any atom is -0.501 e. The monoisotopic (exact) mass is 396 g/mol. The summed E-state index contributed by atoms with van der Waals surface area (Å²) in [6, 6.07) is 2.64. The number of halogens is 1. The Morgan fingerprint density at radius 2 is 2.14 bits per heavy atom. The molecule has 0 saturated heterocycles. The number of rotatable bonds is 7. The van der Waals surface area contributed by atoms with E-state index in [1.807, 2.05) is 0 Å². The summed E-state index contributed by atoms with van der Waals surface area (Å²) in [5, 5.41) is 10.4. The van der Waals surface area contributed by atoms with Gasteiger partial charge in [0.2, 0.25) is 0 Å². The van der Waals surface area contributed by atoms with Crippen LogP contribution in [0.25, 0.3) is 5.65 Å². The molecule has 0 aromatic carbocycles. The van der Waals surface area contributed by atoms with Gasteiger partial charge in [0.15, 0.2) is 5.65 Å². The van der Waals surface area contributed by atoms with Crippen LogP contribution in [-0.2, 0) is 4.74 Å². The summed E-state index contributed by atoms with van der Waals surface area (Å²) < 4.78 is 25.5. The highest BCUT2D eigenvalue weighted by molar-refractivity contribution is 6.01. The van der Waals surface area contributed by atoms with E-state index in [1.165, 1.54) is 36.2 Å². The highest BCUT2D eigenvalue weighted by Crippen LogP contribution is 2.24. The number of fused-ring (bicyclic) bond motifs is 1. The average Bonchev–Trinajstić information content (AvgIpc) is 3.18. The molecule has 3 rings (SSSR count). The van der Waals surface area contributed by atoms with Crippen LogP contribution < -0.4 is 10.1 Å². The van der Waals surface area contributed by atoms with Gasteiger partial charge in [0.25, 0.3) is 5.91 Å². The van der Waals surface area contributed by atoms with E-state index in [0.717, 1.165) is 6.20 Å². The molecule has 3 aromatic rings. The van der Waals surface area contributed by atoms with Gasteiger partial charge in [-0.25, -0.2) is 9.38 Å². The summed E-state index contributed by atoms with van der Waals surface area (Å²) in [7, 11) is 1.53. The molecule has 0 atom stereocenters. The van der Waals surface area contributed by atoms with Crippen LogP contribution in [0.1, 0.15) is 17.3 Å². The Kier molecular flexibility index (Phi) is 5.93. The number of aromatic nitrogens is 4. The van der Waals surface area contributed by atoms with Crippen LogP contribution in [0.15, 0.2) is 65.8 Å². The first-order chi connectivity index (χ1) is 14.0. The van der Waals surface area contributed by atoms with E-state index in [-0.39, 0.29) is 22.9 Å². The molecule has 0 aliphatic heterocycles. The van der Waals surface area contributed by atoms with Crippen LogP contribution in [0.5, 0.6) is 11.5 Å². The van der Waals surface area contributed by atoms with Gasteiger partial charge >= 0.3 is 0 Å². The zero-order chi connectivity index (χ0) is 20.8. The molecule has 0 fully saturated rings. The van der Waals surface area contributed by atoms with Crippen LogP contribution in [0, 0.1) is 5.82 Å². The van der Waals surface area contributed by atoms with E-state index in [1.54, 1.807) is 25.3 Å². The molecule has 0 aliphatic rings. The number of carbonyl (C=O) groups excluding carboxylic acids is 1. The number of methoxy groups -OCH3 is 1. The molecular weight excluding hydrogens is 379 g/mol. The number of allylic oxidation sites excluding steroid dienone is 3. The molecule has 0 aliphatic carbocycles. The van der Waals surface area contributed by atoms with Crippen LogP contribution in [0.2, 0.25) is 0 Å². The van der Waals surface area contributed by atoms with E-state index in [9.17, 15) is 9.18 Å². The van der Waals surface area contributed by atoms with E-state index in [0.29, 0.717) is 11.4 Å². The lowest BCUT2D eigenvalue weighted by molar-refractivity contribution is 0.0966. The molecule has 29 heavy (non-hydrogen) atoms. The molecule has 148 valence electrons. The Morgan fingerprint density at radius 1 is 1.31 bits per heavy atom. The minimum absolute atomic E-state index is 0.173. The van der Waals surface area contributed by atoms with Gasteiger partial charge in [-0.1, -0.05) is 0 Å². The number of pyridine rings is 2. The first kappa shape index (κ1) is 19.7. The maximum absolute atomic E-state index is 13.4. The SMILES string of the molecule is C=N/C(=C\C=C(/C)OC)NC(=O)c1cc(Oc2cncc(F)c2)cn2cnnc12. The number of ether oxygens (including phenoxy) is 2. The summed E-state index contributed by atoms with van der Waals surface area (Å²) in [6.45, 7) is 5.19. The molecule has 1 amide bonds. The van der Waals surface area contributed by atoms with E-state index >= 15 is 0 Å². The van der Waals surface area contributed by atoms with Gasteiger partial charge < -0.3 is 14.8 Å². The highest BCUT2D eigenvalue weighted by atomic mass is 19.1. The van der Waals surface area contributed by atoms with Gasteiger partial charge in [0.05, 0.1) is 37.0 Å². The van der Waals surface area contributed by atoms with E-state index in [2.05, 4.69) is 32.2 Å². The van der Waals surface area contributed by atoms with Gasteiger partial charge in [0, 0.05) is 6.07 Å². The lowest BCUT2D eigenvalue weighted by Crippen LogP contribution is -2.22. The zero-order valence-electron chi connectivity index (χ0n) is 15.7. The second-order valence-corrected chi connectivity index (χ2v) is 5.74. The minimum atomic E-state index is -0.544. The standard InChI is InChI=1S/C19H17FN6O3/c1-12(28-3)4-5-17(21-2)24-19(27)16-7-15(10-26-11-23-25-18(16)26)29-14-6-13(20)8-22-9-14/h4-11H,2H2,1,3H3,(H,24,27)/b12-4+,17-5+. The quantitative estimate of drug-likeness (QED) is 0.374. The third kappa shape index (κ3) is 4.80. The fourth-order valence-corrected chi connectivity index (χ4v) is 2.30. The van der Waals surface area contributed by atoms with Gasteiger partial charge in [-0.3, -0.25) is 14.2 Å². The van der Waals surface area contributed by atoms with Crippen molar-refractivity contribution in [2.75, 3.05) is 7.11 Å². The Labute approximate surface area is 165 Å². The van der Waals surface area contributed by atoms with Gasteiger partial charge in [-0.15, -0.1) is 10.2 Å². The molecule has 3 heterocycles. The lowest BCUT2D eigenvalue weighted by Gasteiger charge is -2.10. The van der Waals surface area contributed by atoms with Crippen LogP contribution in [0.4, 0.5) is 4.39 Å². The first-order valence-corrected chi connectivity index (χ1v) is 8.32. The van der Waals surface area contributed by atoms with Crippen LogP contribution in [-0.4, -0.2) is 39.3 Å². The van der Waals surface area contributed by atoms with Crippen molar-refractivity contribution in [3.05, 3.63) is 72.2 Å². The molecule has 0 unspecified atom stereocenters. The maximum atomic E-state index is 13.4. The van der Waals surface area contributed by atoms with E-state index in [4.69, 9.17) is 9.47 Å². The predicted octanol–water partition coefficient (Wildman–Crippen LogP) is 2.88. The van der Waals surface area contributed by atoms with Crippen molar-refractivity contribution in [1.29, 1.82) is 0 Å². The summed E-state index contributed by atoms with van der Waals surface area (Å²) in [5.74, 6) is 0.230. The molecule has 0 saturated carbocycles. The van der Waals surface area contributed by atoms with Crippen molar-refractivity contribution in [3.63, 3.8) is 0 Å². The van der Waals surface area contributed by atoms with Gasteiger partial charge in [0.1, 0.15) is 29.5 Å². The fourth-order valence-electron chi connectivity index (χ4n) is 2.30. The van der Waals surface area contributed by atoms with Crippen molar-refractivity contribution in [3.8, 4) is 11.5 Å². The van der Waals surface area contributed by atoms with Crippen molar-refractivity contribution < 1.29 is 18.7 Å². The summed E-state index contributed by atoms with van der Waals surface area (Å²) in [5.41, 5.74) is 0.477. The summed E-state index contributed by atoms with van der Waals surface area (Å²) in [6.07, 6.45) is 8.56. The third-order valence-electron chi connectivity index (χ3n) is 3.74. The molecule has 0 radical (unpaired) electrons. The van der Waals surface area contributed by atoms with Crippen LogP contribution >= 0.6 is 0 Å². The van der Waals surface area contributed by atoms with E-state index < -0.39 is 11.7 Å². The summed E-state index contributed by atoms with van der Waals surface area (Å²) >= 11 is 0. The average molecular weight is 396 g/mol. The van der Waals surface area contributed by atoms with Crippen molar-refractivity contribution in [2.45, 2.75) is 6.92 Å². The lowest BCUT2D eigenvalue weighted by atomic mass is 10.2. The second kappa shape index (κ2) is 8.74.